The van der Waals surface area contributed by atoms with Crippen LogP contribution in [-0.2, 0) is 27.4 Å². The zero-order chi connectivity index (χ0) is 22.7. The Bertz CT molecular complexity index is 912. The Hall–Kier alpha value is -2.30. The Morgan fingerprint density at radius 1 is 1.30 bits per heavy atom. The summed E-state index contributed by atoms with van der Waals surface area (Å²) in [5.74, 6) is -0.0115. The van der Waals surface area contributed by atoms with Gasteiger partial charge < -0.3 is 15.1 Å². The van der Waals surface area contributed by atoms with Gasteiger partial charge in [-0.15, -0.1) is 0 Å². The van der Waals surface area contributed by atoms with Crippen molar-refractivity contribution in [3.8, 4) is 0 Å². The minimum absolute atomic E-state index is 0.0495. The smallest absolute Gasteiger partial charge is 0.347 e. The first-order valence-corrected chi connectivity index (χ1v) is 11.0. The predicted molar refractivity (Wildman–Crippen MR) is 109 cm³/mol. The van der Waals surface area contributed by atoms with Crippen molar-refractivity contribution in [3.63, 3.8) is 0 Å². The van der Waals surface area contributed by atoms with Gasteiger partial charge in [-0.1, -0.05) is 12.1 Å². The lowest BCUT2D eigenvalue weighted by atomic mass is 10.1. The molecule has 1 amide bonds. The molecule has 1 aromatic carbocycles. The molecule has 30 heavy (non-hydrogen) atoms. The lowest BCUT2D eigenvalue weighted by molar-refractivity contribution is -0.137. The number of halogens is 3. The van der Waals surface area contributed by atoms with E-state index in [1.165, 1.54) is 17.0 Å². The van der Waals surface area contributed by atoms with Gasteiger partial charge in [0.1, 0.15) is 0 Å². The van der Waals surface area contributed by atoms with Gasteiger partial charge >= 0.3 is 6.18 Å². The van der Waals surface area contributed by atoms with Crippen LogP contribution in [0.2, 0.25) is 0 Å². The summed E-state index contributed by atoms with van der Waals surface area (Å²) in [7, 11) is -0.0913. The molecule has 0 bridgehead atoms. The summed E-state index contributed by atoms with van der Waals surface area (Å²) in [5.41, 5.74) is -0.412. The molecule has 7 nitrogen and oxygen atoms in total. The van der Waals surface area contributed by atoms with Gasteiger partial charge in [0.25, 0.3) is 0 Å². The van der Waals surface area contributed by atoms with E-state index in [0.29, 0.717) is 5.56 Å². The van der Waals surface area contributed by atoms with Crippen molar-refractivity contribution in [2.24, 2.45) is 4.99 Å². The van der Waals surface area contributed by atoms with Gasteiger partial charge in [-0.3, -0.25) is 4.79 Å². The minimum atomic E-state index is -4.45. The second-order valence-electron chi connectivity index (χ2n) is 7.98. The number of sulfone groups is 1. The van der Waals surface area contributed by atoms with Crippen LogP contribution in [-0.4, -0.2) is 74.3 Å². The first-order valence-electron chi connectivity index (χ1n) is 9.35. The summed E-state index contributed by atoms with van der Waals surface area (Å²) >= 11 is 0. The number of nitrogens with zero attached hydrogens (tertiary/aromatic N) is 3. The molecule has 1 aliphatic heterocycles. The highest BCUT2D eigenvalue weighted by Gasteiger charge is 2.41. The lowest BCUT2D eigenvalue weighted by Crippen LogP contribution is -2.58. The predicted octanol–water partition coefficient (Wildman–Crippen LogP) is 1.75. The maximum absolute atomic E-state index is 12.9. The molecule has 1 saturated heterocycles. The largest absolute Gasteiger partial charge is 0.416 e. The van der Waals surface area contributed by atoms with Gasteiger partial charge in [-0.05, 0) is 31.5 Å². The average Bonchev–Trinajstić information content (AvgIpc) is 2.63. The zero-order valence-corrected chi connectivity index (χ0v) is 18.3. The molecular weight excluding hydrogens is 421 g/mol. The number of alkyl halides is 3. The Balaban J connectivity index is 2.26. The minimum Gasteiger partial charge on any atom is -0.347 e. The van der Waals surface area contributed by atoms with Crippen LogP contribution in [0.15, 0.2) is 29.3 Å². The molecular formula is C19H27F3N4O3S. The SMILES string of the molecule is CN(C)C(=O)CNC(=NCc1cccc(C(F)(F)F)c1)N1CCS(=O)(=O)C(C)(C)C1. The van der Waals surface area contributed by atoms with E-state index in [1.54, 1.807) is 32.8 Å². The second kappa shape index (κ2) is 8.83. The van der Waals surface area contributed by atoms with Crippen LogP contribution in [0, 0.1) is 0 Å². The van der Waals surface area contributed by atoms with E-state index in [1.807, 2.05) is 0 Å². The highest BCUT2D eigenvalue weighted by Crippen LogP contribution is 2.29. The summed E-state index contributed by atoms with van der Waals surface area (Å²) in [6, 6.07) is 4.86. The summed E-state index contributed by atoms with van der Waals surface area (Å²) < 4.78 is 62.4. The van der Waals surface area contributed by atoms with E-state index in [0.717, 1.165) is 12.1 Å². The van der Waals surface area contributed by atoms with Crippen molar-refractivity contribution >= 4 is 21.7 Å². The first kappa shape index (κ1) is 24.0. The maximum atomic E-state index is 12.9. The number of benzene rings is 1. The number of hydrogen-bond acceptors (Lipinski definition) is 4. The number of carbonyl (C=O) groups excluding carboxylic acids is 1. The molecule has 1 aromatic rings. The number of rotatable bonds is 4. The fourth-order valence-electron chi connectivity index (χ4n) is 2.92. The van der Waals surface area contributed by atoms with Crippen LogP contribution >= 0.6 is 0 Å². The molecule has 2 rings (SSSR count). The number of hydrogen-bond donors (Lipinski definition) is 1. The fourth-order valence-corrected chi connectivity index (χ4v) is 4.28. The molecule has 0 saturated carbocycles. The summed E-state index contributed by atoms with van der Waals surface area (Å²) in [6.45, 7) is 3.44. The number of guanidine groups is 1. The zero-order valence-electron chi connectivity index (χ0n) is 17.5. The number of carbonyl (C=O) groups is 1. The fraction of sp³-hybridized carbons (Fsp3) is 0.579. The van der Waals surface area contributed by atoms with Crippen molar-refractivity contribution < 1.29 is 26.4 Å². The van der Waals surface area contributed by atoms with E-state index in [4.69, 9.17) is 0 Å². The van der Waals surface area contributed by atoms with Crippen LogP contribution in [0.4, 0.5) is 13.2 Å². The van der Waals surface area contributed by atoms with Crippen molar-refractivity contribution in [2.75, 3.05) is 39.5 Å². The molecule has 0 unspecified atom stereocenters. The van der Waals surface area contributed by atoms with E-state index < -0.39 is 26.3 Å². The van der Waals surface area contributed by atoms with Crippen molar-refractivity contribution in [2.45, 2.75) is 31.3 Å². The van der Waals surface area contributed by atoms with Crippen LogP contribution < -0.4 is 5.32 Å². The number of amides is 1. The molecule has 0 atom stereocenters. The molecule has 1 N–H and O–H groups in total. The lowest BCUT2D eigenvalue weighted by Gasteiger charge is -2.39. The highest BCUT2D eigenvalue weighted by atomic mass is 32.2. The Labute approximate surface area is 174 Å². The Morgan fingerprint density at radius 3 is 2.53 bits per heavy atom. The highest BCUT2D eigenvalue weighted by molar-refractivity contribution is 7.92. The van der Waals surface area contributed by atoms with Gasteiger partial charge in [-0.25, -0.2) is 13.4 Å². The van der Waals surface area contributed by atoms with Gasteiger partial charge in [0, 0.05) is 27.2 Å². The topological polar surface area (TPSA) is 82.1 Å². The average molecular weight is 449 g/mol. The van der Waals surface area contributed by atoms with Gasteiger partial charge in [-0.2, -0.15) is 13.2 Å². The van der Waals surface area contributed by atoms with Gasteiger partial charge in [0.2, 0.25) is 5.91 Å². The summed E-state index contributed by atoms with van der Waals surface area (Å²) in [6.07, 6.45) is -4.45. The Kier molecular flexibility index (Phi) is 7.05. The third-order valence-corrected chi connectivity index (χ3v) is 7.44. The number of aliphatic imine (C=N–C) groups is 1. The summed E-state index contributed by atoms with van der Waals surface area (Å²) in [4.78, 5) is 19.5. The molecule has 168 valence electrons. The van der Waals surface area contributed by atoms with E-state index in [9.17, 15) is 26.4 Å². The van der Waals surface area contributed by atoms with Gasteiger partial charge in [0.15, 0.2) is 15.8 Å². The number of nitrogens with one attached hydrogen (secondary N) is 1. The maximum Gasteiger partial charge on any atom is 0.416 e. The molecule has 0 aliphatic carbocycles. The normalized spacial score (nSPS) is 18.8. The van der Waals surface area contributed by atoms with Crippen molar-refractivity contribution in [3.05, 3.63) is 35.4 Å². The summed E-state index contributed by atoms with van der Waals surface area (Å²) in [5, 5.41) is 2.92. The molecule has 1 fully saturated rings. The van der Waals surface area contributed by atoms with Gasteiger partial charge in [0.05, 0.1) is 29.2 Å². The third-order valence-electron chi connectivity index (χ3n) is 4.91. The number of likely N-dealkylation sites (N-methyl/N-ethyl adjacent to an activating group) is 1. The van der Waals surface area contributed by atoms with E-state index in [-0.39, 0.29) is 43.8 Å². The first-order chi connectivity index (χ1) is 13.7. The monoisotopic (exact) mass is 448 g/mol. The molecule has 1 aliphatic rings. The Morgan fingerprint density at radius 2 is 1.97 bits per heavy atom. The molecule has 0 aromatic heterocycles. The molecule has 0 spiro atoms. The molecule has 0 radical (unpaired) electrons. The molecule has 11 heteroatoms. The van der Waals surface area contributed by atoms with E-state index >= 15 is 0 Å². The standard InChI is InChI=1S/C19H27F3N4O3S/c1-18(2)13-26(8-9-30(18,28)29)17(24-12-16(27)25(3)4)23-11-14-6-5-7-15(10-14)19(20,21)22/h5-7,10H,8-9,11-13H2,1-4H3,(H,23,24). The van der Waals surface area contributed by atoms with Crippen LogP contribution in [0.25, 0.3) is 0 Å². The van der Waals surface area contributed by atoms with Crippen LogP contribution in [0.5, 0.6) is 0 Å². The van der Waals surface area contributed by atoms with Crippen molar-refractivity contribution in [1.29, 1.82) is 0 Å². The quantitative estimate of drug-likeness (QED) is 0.561. The van der Waals surface area contributed by atoms with Crippen LogP contribution in [0.3, 0.4) is 0 Å². The van der Waals surface area contributed by atoms with Crippen molar-refractivity contribution in [1.82, 2.24) is 15.1 Å². The second-order valence-corrected chi connectivity index (χ2v) is 10.7. The van der Waals surface area contributed by atoms with E-state index in [2.05, 4.69) is 10.3 Å². The van der Waals surface area contributed by atoms with Crippen LogP contribution in [0.1, 0.15) is 25.0 Å². The molecule has 1 heterocycles. The third kappa shape index (κ3) is 5.87.